The van der Waals surface area contributed by atoms with Gasteiger partial charge in [-0.2, -0.15) is 0 Å². The molecule has 0 aliphatic heterocycles. The third kappa shape index (κ3) is 5.11. The largest absolute Gasteiger partial charge is 0.396 e. The molecule has 0 saturated carbocycles. The first-order valence-electron chi connectivity index (χ1n) is 10.3. The van der Waals surface area contributed by atoms with Gasteiger partial charge in [-0.3, -0.25) is 25.0 Å². The smallest absolute Gasteiger partial charge is 0.279 e. The number of nitrogens with zero attached hydrogens (tertiary/aromatic N) is 2. The number of aliphatic hydroxyl groups excluding tert-OH is 2. The lowest BCUT2D eigenvalue weighted by Crippen LogP contribution is -2.25. The molecule has 2 aromatic rings. The first-order valence-corrected chi connectivity index (χ1v) is 13.2. The van der Waals surface area contributed by atoms with E-state index in [9.17, 15) is 41.9 Å². The predicted molar refractivity (Wildman–Crippen MR) is 122 cm³/mol. The van der Waals surface area contributed by atoms with Crippen molar-refractivity contribution in [2.75, 3.05) is 26.3 Å². The lowest BCUT2D eigenvalue weighted by Gasteiger charge is -2.10. The summed E-state index contributed by atoms with van der Waals surface area (Å²) in [5.41, 5.74) is -3.85. The van der Waals surface area contributed by atoms with E-state index in [1.54, 1.807) is 0 Å². The molecule has 0 saturated heterocycles. The minimum Gasteiger partial charge on any atom is -0.396 e. The summed E-state index contributed by atoms with van der Waals surface area (Å²) in [5, 5.41) is 41.3. The first kappa shape index (κ1) is 27.2. The summed E-state index contributed by atoms with van der Waals surface area (Å²) in [6, 6.07) is 2.94. The van der Waals surface area contributed by atoms with Crippen LogP contribution in [-0.2, 0) is 20.0 Å². The van der Waals surface area contributed by atoms with Crippen molar-refractivity contribution in [3.8, 4) is 11.1 Å². The quantitative estimate of drug-likeness (QED) is 0.135. The van der Waals surface area contributed by atoms with E-state index in [2.05, 4.69) is 9.44 Å². The molecule has 0 fully saturated rings. The molecule has 15 nitrogen and oxygen atoms in total. The minimum atomic E-state index is -4.37. The van der Waals surface area contributed by atoms with Gasteiger partial charge in [-0.25, -0.2) is 26.3 Å². The van der Waals surface area contributed by atoms with Crippen LogP contribution in [0.25, 0.3) is 11.1 Å². The molecule has 0 atom stereocenters. The topological polar surface area (TPSA) is 236 Å². The van der Waals surface area contributed by atoms with Crippen LogP contribution in [0.2, 0.25) is 0 Å². The van der Waals surface area contributed by atoms with Crippen molar-refractivity contribution in [3.63, 3.8) is 0 Å². The Morgan fingerprint density at radius 1 is 0.722 bits per heavy atom. The maximum atomic E-state index is 13.2. The average molecular weight is 545 g/mol. The molecular weight excluding hydrogens is 524 g/mol. The van der Waals surface area contributed by atoms with Gasteiger partial charge in [0, 0.05) is 49.6 Å². The third-order valence-corrected chi connectivity index (χ3v) is 8.07. The number of sulfonamides is 2. The molecule has 0 aromatic heterocycles. The highest BCUT2D eigenvalue weighted by molar-refractivity contribution is 7.89. The first-order chi connectivity index (χ1) is 16.9. The molecule has 4 N–H and O–H groups in total. The molecule has 1 aliphatic rings. The number of nitro benzene ring substituents is 2. The van der Waals surface area contributed by atoms with Gasteiger partial charge in [0.15, 0.2) is 5.78 Å². The molecule has 17 heteroatoms. The van der Waals surface area contributed by atoms with Gasteiger partial charge in [0.25, 0.3) is 11.4 Å². The number of hydrogen-bond acceptors (Lipinski definition) is 11. The molecule has 194 valence electrons. The van der Waals surface area contributed by atoms with Crippen molar-refractivity contribution in [3.05, 3.63) is 55.6 Å². The highest BCUT2D eigenvalue weighted by atomic mass is 32.2. The maximum absolute atomic E-state index is 13.2. The lowest BCUT2D eigenvalue weighted by molar-refractivity contribution is -0.386. The van der Waals surface area contributed by atoms with Gasteiger partial charge in [0.1, 0.15) is 0 Å². The molecule has 3 rings (SSSR count). The average Bonchev–Trinajstić information content (AvgIpc) is 3.10. The number of aliphatic hydroxyl groups is 2. The lowest BCUT2D eigenvalue weighted by atomic mass is 10.0. The maximum Gasteiger partial charge on any atom is 0.279 e. The molecule has 2 aromatic carbocycles. The summed E-state index contributed by atoms with van der Waals surface area (Å²) >= 11 is 0. The number of fused-ring (bicyclic) bond motifs is 3. The van der Waals surface area contributed by atoms with Crippen LogP contribution >= 0.6 is 0 Å². The zero-order valence-electron chi connectivity index (χ0n) is 18.3. The van der Waals surface area contributed by atoms with Gasteiger partial charge >= 0.3 is 0 Å². The molecule has 0 bridgehead atoms. The summed E-state index contributed by atoms with van der Waals surface area (Å²) in [7, 11) is -8.74. The van der Waals surface area contributed by atoms with Crippen LogP contribution in [-0.4, -0.2) is 69.0 Å². The Hall–Kier alpha value is -3.35. The standard InChI is InChI=1S/C19H20N4O11S2/c24-5-1-3-20-35(31,32)11-7-13-17(15(9-11)22(27)28)18-14(19(13)26)8-12(10-16(18)23(29)30)36(33,34)21-4-2-6-25/h7-10,20-21,24-25H,1-6H2. The zero-order valence-corrected chi connectivity index (χ0v) is 20.0. The van der Waals surface area contributed by atoms with Crippen LogP contribution in [0, 0.1) is 20.2 Å². The number of carbonyl (C=O) groups excluding carboxylic acids is 1. The Morgan fingerprint density at radius 3 is 1.39 bits per heavy atom. The third-order valence-electron chi connectivity index (χ3n) is 5.19. The Kier molecular flexibility index (Phi) is 7.82. The second-order valence-corrected chi connectivity index (χ2v) is 11.1. The summed E-state index contributed by atoms with van der Waals surface area (Å²) in [4.78, 5) is 33.5. The van der Waals surface area contributed by atoms with Gasteiger partial charge in [-0.1, -0.05) is 0 Å². The van der Waals surface area contributed by atoms with Crippen LogP contribution in [0.4, 0.5) is 11.4 Å². The number of hydrogen-bond donors (Lipinski definition) is 4. The van der Waals surface area contributed by atoms with E-state index in [0.29, 0.717) is 12.1 Å². The van der Waals surface area contributed by atoms with E-state index in [1.807, 2.05) is 0 Å². The van der Waals surface area contributed by atoms with Gasteiger partial charge in [0.05, 0.1) is 30.8 Å². The van der Waals surface area contributed by atoms with Crippen molar-refractivity contribution in [1.82, 2.24) is 9.44 Å². The summed E-state index contributed by atoms with van der Waals surface area (Å²) in [5.74, 6) is -1.04. The summed E-state index contributed by atoms with van der Waals surface area (Å²) in [6.07, 6.45) is 0.0961. The van der Waals surface area contributed by atoms with Crippen LogP contribution in [0.15, 0.2) is 34.1 Å². The highest BCUT2D eigenvalue weighted by Gasteiger charge is 2.41. The fourth-order valence-corrected chi connectivity index (χ4v) is 5.81. The number of nitro groups is 2. The number of ketones is 1. The van der Waals surface area contributed by atoms with Crippen molar-refractivity contribution >= 4 is 37.2 Å². The molecular formula is C19H20N4O11S2. The summed E-state index contributed by atoms with van der Waals surface area (Å²) in [6.45, 7) is -1.06. The number of rotatable bonds is 12. The Bertz CT molecular complexity index is 1360. The molecule has 0 amide bonds. The van der Waals surface area contributed by atoms with E-state index < -0.39 is 79.1 Å². The zero-order chi connectivity index (χ0) is 26.8. The monoisotopic (exact) mass is 544 g/mol. The van der Waals surface area contributed by atoms with Crippen LogP contribution in [0.5, 0.6) is 0 Å². The minimum absolute atomic E-state index is 0.0480. The van der Waals surface area contributed by atoms with E-state index >= 15 is 0 Å². The fourth-order valence-electron chi connectivity index (χ4n) is 3.57. The number of nitrogens with one attached hydrogen (secondary N) is 2. The molecule has 1 aliphatic carbocycles. The Morgan fingerprint density at radius 2 is 1.08 bits per heavy atom. The SMILES string of the molecule is O=C1c2cc(S(=O)(=O)NCCCO)cc([N+](=O)[O-])c2-c2c1cc(S(=O)(=O)NCCCO)cc2[N+](=O)[O-]. The second kappa shape index (κ2) is 10.3. The van der Waals surface area contributed by atoms with E-state index in [-0.39, 0.29) is 39.1 Å². The van der Waals surface area contributed by atoms with Gasteiger partial charge in [-0.05, 0) is 25.0 Å². The van der Waals surface area contributed by atoms with Gasteiger partial charge in [0.2, 0.25) is 20.0 Å². The number of carbonyl (C=O) groups is 1. The predicted octanol–water partition coefficient (Wildman–Crippen LogP) is 0.0358. The van der Waals surface area contributed by atoms with Crippen molar-refractivity contribution in [2.24, 2.45) is 0 Å². The number of benzene rings is 2. The van der Waals surface area contributed by atoms with Crippen molar-refractivity contribution in [2.45, 2.75) is 22.6 Å². The van der Waals surface area contributed by atoms with Crippen molar-refractivity contribution in [1.29, 1.82) is 0 Å². The Labute approximate surface area is 204 Å². The van der Waals surface area contributed by atoms with Crippen LogP contribution in [0.1, 0.15) is 28.8 Å². The van der Waals surface area contributed by atoms with E-state index in [1.165, 1.54) is 0 Å². The molecule has 0 unspecified atom stereocenters. The van der Waals surface area contributed by atoms with E-state index in [0.717, 1.165) is 12.1 Å². The molecule has 0 heterocycles. The van der Waals surface area contributed by atoms with Crippen LogP contribution in [0.3, 0.4) is 0 Å². The van der Waals surface area contributed by atoms with E-state index in [4.69, 9.17) is 10.2 Å². The summed E-state index contributed by atoms with van der Waals surface area (Å²) < 4.78 is 54.7. The Balaban J connectivity index is 2.25. The highest BCUT2D eigenvalue weighted by Crippen LogP contribution is 2.48. The van der Waals surface area contributed by atoms with Crippen molar-refractivity contribution < 1.29 is 41.7 Å². The second-order valence-electron chi connectivity index (χ2n) is 7.52. The molecule has 0 radical (unpaired) electrons. The fraction of sp³-hybridized carbons (Fsp3) is 0.316. The normalized spacial score (nSPS) is 12.9. The van der Waals surface area contributed by atoms with Crippen LogP contribution < -0.4 is 9.44 Å². The molecule has 0 spiro atoms. The van der Waals surface area contributed by atoms with Gasteiger partial charge < -0.3 is 10.2 Å². The van der Waals surface area contributed by atoms with Gasteiger partial charge in [-0.15, -0.1) is 0 Å². The molecule has 36 heavy (non-hydrogen) atoms.